The van der Waals surface area contributed by atoms with Gasteiger partial charge in [0.05, 0.1) is 0 Å². The van der Waals surface area contributed by atoms with E-state index in [4.69, 9.17) is 4.74 Å². The quantitative estimate of drug-likeness (QED) is 0.0526. The molecule has 0 aliphatic heterocycles. The number of allylic oxidation sites excluding steroid dienone is 2. The van der Waals surface area contributed by atoms with Crippen molar-refractivity contribution in [1.29, 1.82) is 0 Å². The molecule has 0 saturated heterocycles. The number of carbonyl (C=O) groups excluding carboxylic acids is 1. The van der Waals surface area contributed by atoms with E-state index < -0.39 is 0 Å². The molecule has 0 radical (unpaired) electrons. The zero-order chi connectivity index (χ0) is 23.8. The molecule has 5 heteroatoms. The van der Waals surface area contributed by atoms with Crippen LogP contribution in [0.15, 0.2) is 12.2 Å². The third-order valence-corrected chi connectivity index (χ3v) is 6.49. The van der Waals surface area contributed by atoms with Crippen molar-refractivity contribution in [1.82, 2.24) is 0 Å². The molecule has 0 bridgehead atoms. The van der Waals surface area contributed by atoms with Crippen LogP contribution in [0.2, 0.25) is 0 Å². The third-order valence-electron chi connectivity index (χ3n) is 5.87. The summed E-state index contributed by atoms with van der Waals surface area (Å²) in [5.74, 6) is 2.64. The van der Waals surface area contributed by atoms with Crippen molar-refractivity contribution in [3.05, 3.63) is 12.2 Å². The standard InChI is InChI=1S/C27H51NO3P/c1-4-5-6-7-8-9-10-11-12-13-14-15-16-17-18-19-20-21-22-23-27(29)31-25-24-28(2,3)26-32-30/h11-12H,4-10,13-25H2,1-3H3/q+1/b12-11-. The topological polar surface area (TPSA) is 43.4 Å². The van der Waals surface area contributed by atoms with Crippen molar-refractivity contribution in [3.8, 4) is 5.75 Å². The first kappa shape index (κ1) is 31.2. The Morgan fingerprint density at radius 1 is 0.781 bits per heavy atom. The summed E-state index contributed by atoms with van der Waals surface area (Å²) in [6.07, 6.45) is 27.3. The summed E-state index contributed by atoms with van der Waals surface area (Å²) in [6.45, 7) is 3.22. The molecule has 0 aliphatic rings. The molecule has 0 aromatic carbocycles. The molecule has 186 valence electrons. The van der Waals surface area contributed by atoms with Crippen LogP contribution in [-0.2, 0) is 14.1 Å². The van der Waals surface area contributed by atoms with Gasteiger partial charge in [-0.1, -0.05) is 70.4 Å². The summed E-state index contributed by atoms with van der Waals surface area (Å²) in [5.41, 5.74) is 0. The van der Waals surface area contributed by atoms with E-state index >= 15 is 0 Å². The summed E-state index contributed by atoms with van der Waals surface area (Å²) >= 11 is 0. The minimum atomic E-state index is -0.120. The number of quaternary nitrogens is 1. The van der Waals surface area contributed by atoms with Gasteiger partial charge in [0.2, 0.25) is 0 Å². The first-order valence-electron chi connectivity index (χ1n) is 13.2. The second kappa shape index (κ2) is 23.3. The van der Waals surface area contributed by atoms with E-state index in [-0.39, 0.29) is 13.9 Å². The van der Waals surface area contributed by atoms with Crippen LogP contribution in [0.25, 0.3) is 0 Å². The Morgan fingerprint density at radius 2 is 1.25 bits per heavy atom. The van der Waals surface area contributed by atoms with Gasteiger partial charge in [0.15, 0.2) is 0 Å². The van der Waals surface area contributed by atoms with Crippen molar-refractivity contribution < 1.29 is 18.6 Å². The third kappa shape index (κ3) is 23.8. The summed E-state index contributed by atoms with van der Waals surface area (Å²) in [4.78, 5) is 11.8. The van der Waals surface area contributed by atoms with E-state index in [1.807, 2.05) is 14.1 Å². The fraction of sp³-hybridized carbons (Fsp3) is 0.852. The summed E-state index contributed by atoms with van der Waals surface area (Å²) in [5, 5.41) is 0. The Bertz CT molecular complexity index is 568. The Morgan fingerprint density at radius 3 is 1.75 bits per heavy atom. The number of esters is 1. The number of hydrogen-bond acceptors (Lipinski definition) is 3. The molecule has 0 N–H and O–H groups in total. The Hall–Kier alpha value is -0.820. The van der Waals surface area contributed by atoms with Crippen LogP contribution in [0.4, 0.5) is 0 Å². The molecule has 4 nitrogen and oxygen atoms in total. The monoisotopic (exact) mass is 468 g/mol. The molecule has 0 fully saturated rings. The van der Waals surface area contributed by atoms with Crippen LogP contribution in [0.5, 0.6) is 0 Å². The maximum absolute atomic E-state index is 11.8. The molecular weight excluding hydrogens is 417 g/mol. The molecule has 0 saturated carbocycles. The molecular formula is C27H51NO3P+. The van der Waals surface area contributed by atoms with Crippen molar-refractivity contribution in [3.63, 3.8) is 0 Å². The Labute approximate surface area is 200 Å². The van der Waals surface area contributed by atoms with Crippen LogP contribution in [0.1, 0.15) is 122 Å². The Balaban J connectivity index is 3.30. The molecule has 0 unspecified atom stereocenters. The van der Waals surface area contributed by atoms with Crippen molar-refractivity contribution >= 4 is 13.9 Å². The van der Waals surface area contributed by atoms with Crippen LogP contribution >= 0.6 is 7.92 Å². The molecule has 0 aromatic rings. The number of unbranched alkanes of at least 4 members (excludes halogenated alkanes) is 15. The van der Waals surface area contributed by atoms with E-state index in [0.717, 1.165) is 12.8 Å². The Kier molecular flexibility index (Phi) is 22.7. The summed E-state index contributed by atoms with van der Waals surface area (Å²) in [6, 6.07) is 0. The average molecular weight is 469 g/mol. The van der Waals surface area contributed by atoms with E-state index in [9.17, 15) is 9.36 Å². The van der Waals surface area contributed by atoms with Crippen LogP contribution < -0.4 is 0 Å². The first-order chi connectivity index (χ1) is 15.5. The maximum atomic E-state index is 11.8. The van der Waals surface area contributed by atoms with Gasteiger partial charge >= 0.3 is 104 Å². The molecule has 0 rings (SSSR count). The fourth-order valence-electron chi connectivity index (χ4n) is 3.67. The van der Waals surface area contributed by atoms with Gasteiger partial charge in [0.1, 0.15) is 0 Å². The summed E-state index contributed by atoms with van der Waals surface area (Å²) < 4.78 is 16.2. The van der Waals surface area contributed by atoms with Gasteiger partial charge in [-0.2, -0.15) is 0 Å². The van der Waals surface area contributed by atoms with Gasteiger partial charge in [0.25, 0.3) is 0 Å². The van der Waals surface area contributed by atoms with E-state index in [2.05, 4.69) is 24.8 Å². The van der Waals surface area contributed by atoms with Gasteiger partial charge in [0, 0.05) is 0 Å². The molecule has 0 atom stereocenters. The van der Waals surface area contributed by atoms with Crippen LogP contribution in [0, 0.1) is 5.75 Å². The van der Waals surface area contributed by atoms with E-state index in [1.54, 1.807) is 0 Å². The molecule has 0 heterocycles. The predicted molar refractivity (Wildman–Crippen MR) is 137 cm³/mol. The number of carbonyl (C=O) groups is 1. The fourth-order valence-corrected chi connectivity index (χ4v) is 3.99. The minimum absolute atomic E-state index is 0.113. The van der Waals surface area contributed by atoms with Crippen molar-refractivity contribution in [2.45, 2.75) is 122 Å². The zero-order valence-corrected chi connectivity index (χ0v) is 22.3. The average Bonchev–Trinajstić information content (AvgIpc) is 2.75. The second-order valence-corrected chi connectivity index (χ2v) is 9.95. The van der Waals surface area contributed by atoms with Gasteiger partial charge in [-0.25, -0.2) is 0 Å². The molecule has 32 heavy (non-hydrogen) atoms. The van der Waals surface area contributed by atoms with Crippen LogP contribution in [-0.4, -0.2) is 37.7 Å². The summed E-state index contributed by atoms with van der Waals surface area (Å²) in [7, 11) is 3.65. The van der Waals surface area contributed by atoms with Crippen LogP contribution in [0.3, 0.4) is 0 Å². The van der Waals surface area contributed by atoms with Gasteiger partial charge < -0.3 is 0 Å². The predicted octanol–water partition coefficient (Wildman–Crippen LogP) is 8.41. The molecule has 0 aliphatic carbocycles. The number of hydrogen-bond donors (Lipinski definition) is 0. The molecule has 0 amide bonds. The normalized spacial score (nSPS) is 11.6. The van der Waals surface area contributed by atoms with Gasteiger partial charge in [-0.05, 0) is 25.7 Å². The number of nitrogens with zero attached hydrogens (tertiary/aromatic N) is 1. The number of rotatable bonds is 22. The van der Waals surface area contributed by atoms with Crippen molar-refractivity contribution in [2.75, 3.05) is 27.2 Å². The second-order valence-electron chi connectivity index (χ2n) is 9.57. The van der Waals surface area contributed by atoms with Gasteiger partial charge in [-0.3, -0.25) is 0 Å². The number of likely N-dealkylation sites (N-methyl/N-ethyl adjacent to an activating group) is 1. The van der Waals surface area contributed by atoms with Gasteiger partial charge in [-0.15, -0.1) is 0 Å². The molecule has 0 aromatic heterocycles. The van der Waals surface area contributed by atoms with E-state index in [0.29, 0.717) is 24.1 Å². The van der Waals surface area contributed by atoms with E-state index in [1.165, 1.54) is 96.3 Å². The number of ether oxygens (including phenoxy) is 1. The zero-order valence-electron chi connectivity index (χ0n) is 21.4. The molecule has 0 spiro atoms. The van der Waals surface area contributed by atoms with Crippen molar-refractivity contribution in [2.24, 2.45) is 0 Å². The first-order valence-corrected chi connectivity index (χ1v) is 14.1. The SMILES string of the molecule is CCCCCCCC/C=C\CCCCCCCCCCCC(=O)OCC[N+](C)(C)C#P=O.